The summed E-state index contributed by atoms with van der Waals surface area (Å²) in [7, 11) is 0. The molecule has 0 saturated heterocycles. The second kappa shape index (κ2) is 8.31. The smallest absolute Gasteiger partial charge is 0.0368 e. The number of rotatable bonds is 7. The van der Waals surface area contributed by atoms with Crippen LogP contribution in [0.15, 0.2) is 24.3 Å². The zero-order chi connectivity index (χ0) is 14.2. The van der Waals surface area contributed by atoms with Crippen molar-refractivity contribution < 1.29 is 0 Å². The highest BCUT2D eigenvalue weighted by atomic mass is 15.1. The Morgan fingerprint density at radius 1 is 1.20 bits per heavy atom. The first-order chi connectivity index (χ1) is 9.79. The molecule has 0 aliphatic heterocycles. The Labute approximate surface area is 124 Å². The lowest BCUT2D eigenvalue weighted by atomic mass is 9.95. The van der Waals surface area contributed by atoms with E-state index in [2.05, 4.69) is 48.3 Å². The fourth-order valence-corrected chi connectivity index (χ4v) is 3.18. The van der Waals surface area contributed by atoms with E-state index in [1.165, 1.54) is 49.8 Å². The lowest BCUT2D eigenvalue weighted by Crippen LogP contribution is -2.34. The number of benzene rings is 1. The van der Waals surface area contributed by atoms with E-state index < -0.39 is 0 Å². The number of nitrogens with one attached hydrogen (secondary N) is 1. The predicted molar refractivity (Wildman–Crippen MR) is 88.6 cm³/mol. The third kappa shape index (κ3) is 4.82. The molecule has 1 aliphatic carbocycles. The third-order valence-corrected chi connectivity index (χ3v) is 4.39. The lowest BCUT2D eigenvalue weighted by molar-refractivity contribution is 0.372. The number of nitrogens with zero attached hydrogens (tertiary/aromatic N) is 1. The van der Waals surface area contributed by atoms with Crippen LogP contribution >= 0.6 is 0 Å². The van der Waals surface area contributed by atoms with Gasteiger partial charge >= 0.3 is 0 Å². The van der Waals surface area contributed by atoms with Gasteiger partial charge in [-0.05, 0) is 57.4 Å². The Kier molecular flexibility index (Phi) is 6.38. The average Bonchev–Trinajstić information content (AvgIpc) is 2.48. The number of hydrogen-bond donors (Lipinski definition) is 1. The number of anilines is 1. The maximum Gasteiger partial charge on any atom is 0.0368 e. The Morgan fingerprint density at radius 2 is 2.00 bits per heavy atom. The number of aryl methyl sites for hydroxylation is 1. The van der Waals surface area contributed by atoms with Crippen molar-refractivity contribution in [3.63, 3.8) is 0 Å². The number of hydrogen-bond acceptors (Lipinski definition) is 2. The van der Waals surface area contributed by atoms with Crippen LogP contribution in [-0.2, 0) is 0 Å². The summed E-state index contributed by atoms with van der Waals surface area (Å²) in [5.41, 5.74) is 2.71. The summed E-state index contributed by atoms with van der Waals surface area (Å²) in [5.74, 6) is 0. The van der Waals surface area contributed by atoms with Gasteiger partial charge in [0, 0.05) is 24.8 Å². The SMILES string of the molecule is CCN(CCCNC1CCCCC1)c1cccc(C)c1. The van der Waals surface area contributed by atoms with Crippen molar-refractivity contribution in [1.82, 2.24) is 5.32 Å². The van der Waals surface area contributed by atoms with Crippen molar-refractivity contribution in [2.24, 2.45) is 0 Å². The van der Waals surface area contributed by atoms with Crippen molar-refractivity contribution in [3.05, 3.63) is 29.8 Å². The molecule has 0 heterocycles. The van der Waals surface area contributed by atoms with Gasteiger partial charge in [-0.2, -0.15) is 0 Å². The van der Waals surface area contributed by atoms with Crippen LogP contribution in [0.5, 0.6) is 0 Å². The summed E-state index contributed by atoms with van der Waals surface area (Å²) in [6.45, 7) is 7.82. The first-order valence-corrected chi connectivity index (χ1v) is 8.34. The fourth-order valence-electron chi connectivity index (χ4n) is 3.18. The monoisotopic (exact) mass is 274 g/mol. The second-order valence-electron chi connectivity index (χ2n) is 6.06. The topological polar surface area (TPSA) is 15.3 Å². The fraction of sp³-hybridized carbons (Fsp3) is 0.667. The molecule has 0 unspecified atom stereocenters. The van der Waals surface area contributed by atoms with Gasteiger partial charge < -0.3 is 10.2 Å². The minimum atomic E-state index is 0.790. The van der Waals surface area contributed by atoms with Gasteiger partial charge in [0.1, 0.15) is 0 Å². The largest absolute Gasteiger partial charge is 0.372 e. The maximum atomic E-state index is 3.74. The van der Waals surface area contributed by atoms with Crippen molar-refractivity contribution >= 4 is 5.69 Å². The molecule has 1 saturated carbocycles. The Bertz CT molecular complexity index is 383. The molecule has 1 aromatic rings. The lowest BCUT2D eigenvalue weighted by Gasteiger charge is -2.26. The molecule has 112 valence electrons. The standard InChI is InChI=1S/C18H30N2/c1-3-20(18-12-7-9-16(2)15-18)14-8-13-19-17-10-5-4-6-11-17/h7,9,12,15,17,19H,3-6,8,10-11,13-14H2,1-2H3. The van der Waals surface area contributed by atoms with Crippen LogP contribution in [0.2, 0.25) is 0 Å². The van der Waals surface area contributed by atoms with E-state index in [0.29, 0.717) is 0 Å². The van der Waals surface area contributed by atoms with Gasteiger partial charge in [0.05, 0.1) is 0 Å². The normalized spacial score (nSPS) is 16.3. The van der Waals surface area contributed by atoms with E-state index in [0.717, 1.165) is 25.7 Å². The molecule has 1 aromatic carbocycles. The third-order valence-electron chi connectivity index (χ3n) is 4.39. The van der Waals surface area contributed by atoms with Crippen LogP contribution in [0, 0.1) is 6.92 Å². The predicted octanol–water partition coefficient (Wildman–Crippen LogP) is 4.13. The summed E-state index contributed by atoms with van der Waals surface area (Å²) in [6, 6.07) is 9.64. The zero-order valence-electron chi connectivity index (χ0n) is 13.2. The molecule has 0 spiro atoms. The molecule has 2 rings (SSSR count). The quantitative estimate of drug-likeness (QED) is 0.752. The van der Waals surface area contributed by atoms with Gasteiger partial charge in [0.2, 0.25) is 0 Å². The van der Waals surface area contributed by atoms with Crippen LogP contribution in [0.4, 0.5) is 5.69 Å². The second-order valence-corrected chi connectivity index (χ2v) is 6.06. The summed E-state index contributed by atoms with van der Waals surface area (Å²) in [4.78, 5) is 2.48. The molecule has 2 nitrogen and oxygen atoms in total. The van der Waals surface area contributed by atoms with Crippen LogP contribution in [0.25, 0.3) is 0 Å². The molecule has 0 atom stereocenters. The molecule has 0 amide bonds. The van der Waals surface area contributed by atoms with Gasteiger partial charge in [-0.25, -0.2) is 0 Å². The van der Waals surface area contributed by atoms with E-state index in [4.69, 9.17) is 0 Å². The van der Waals surface area contributed by atoms with Crippen molar-refractivity contribution in [2.75, 3.05) is 24.5 Å². The van der Waals surface area contributed by atoms with Crippen LogP contribution in [0.3, 0.4) is 0 Å². The highest BCUT2D eigenvalue weighted by Gasteiger charge is 2.12. The minimum Gasteiger partial charge on any atom is -0.372 e. The molecule has 1 N–H and O–H groups in total. The van der Waals surface area contributed by atoms with Gasteiger partial charge in [0.25, 0.3) is 0 Å². The summed E-state index contributed by atoms with van der Waals surface area (Å²) >= 11 is 0. The van der Waals surface area contributed by atoms with Gasteiger partial charge in [0.15, 0.2) is 0 Å². The Balaban J connectivity index is 1.71. The molecule has 2 heteroatoms. The summed E-state index contributed by atoms with van der Waals surface area (Å²) in [6.07, 6.45) is 8.28. The molecule has 1 fully saturated rings. The van der Waals surface area contributed by atoms with Gasteiger partial charge in [-0.3, -0.25) is 0 Å². The minimum absolute atomic E-state index is 0.790. The highest BCUT2D eigenvalue weighted by molar-refractivity contribution is 5.48. The van der Waals surface area contributed by atoms with E-state index in [1.807, 2.05) is 0 Å². The van der Waals surface area contributed by atoms with E-state index in [-0.39, 0.29) is 0 Å². The Hall–Kier alpha value is -1.02. The highest BCUT2D eigenvalue weighted by Crippen LogP contribution is 2.18. The molecule has 0 bridgehead atoms. The van der Waals surface area contributed by atoms with Gasteiger partial charge in [-0.1, -0.05) is 31.4 Å². The van der Waals surface area contributed by atoms with E-state index >= 15 is 0 Å². The molecule has 0 radical (unpaired) electrons. The average molecular weight is 274 g/mol. The van der Waals surface area contributed by atoms with Crippen LogP contribution in [0.1, 0.15) is 51.0 Å². The van der Waals surface area contributed by atoms with Crippen molar-refractivity contribution in [2.45, 2.75) is 58.4 Å². The first kappa shape index (κ1) is 15.4. The summed E-state index contributed by atoms with van der Waals surface area (Å²) in [5, 5.41) is 3.74. The Morgan fingerprint density at radius 3 is 2.70 bits per heavy atom. The van der Waals surface area contributed by atoms with E-state index in [1.54, 1.807) is 0 Å². The van der Waals surface area contributed by atoms with Crippen molar-refractivity contribution in [1.29, 1.82) is 0 Å². The molecular formula is C18H30N2. The van der Waals surface area contributed by atoms with Crippen molar-refractivity contribution in [3.8, 4) is 0 Å². The molecule has 1 aliphatic rings. The maximum absolute atomic E-state index is 3.74. The molecular weight excluding hydrogens is 244 g/mol. The van der Waals surface area contributed by atoms with Crippen LogP contribution < -0.4 is 10.2 Å². The molecule has 0 aromatic heterocycles. The molecule has 20 heavy (non-hydrogen) atoms. The van der Waals surface area contributed by atoms with Gasteiger partial charge in [-0.15, -0.1) is 0 Å². The summed E-state index contributed by atoms with van der Waals surface area (Å²) < 4.78 is 0. The van der Waals surface area contributed by atoms with E-state index in [9.17, 15) is 0 Å². The first-order valence-electron chi connectivity index (χ1n) is 8.34. The zero-order valence-corrected chi connectivity index (χ0v) is 13.2. The van der Waals surface area contributed by atoms with Crippen LogP contribution in [-0.4, -0.2) is 25.7 Å².